The first-order valence-corrected chi connectivity index (χ1v) is 8.40. The van der Waals surface area contributed by atoms with Crippen molar-refractivity contribution < 1.29 is 4.79 Å². The van der Waals surface area contributed by atoms with Crippen molar-refractivity contribution in [3.05, 3.63) is 64.1 Å². The van der Waals surface area contributed by atoms with E-state index >= 15 is 0 Å². The third-order valence-electron chi connectivity index (χ3n) is 4.33. The van der Waals surface area contributed by atoms with Crippen molar-refractivity contribution in [2.45, 2.75) is 24.8 Å². The first-order valence-electron chi connectivity index (χ1n) is 7.65. The average molecular weight is 349 g/mol. The summed E-state index contributed by atoms with van der Waals surface area (Å²) in [7, 11) is 0. The van der Waals surface area contributed by atoms with Gasteiger partial charge in [-0.3, -0.25) is 10.1 Å². The fraction of sp³-hybridized carbons (Fsp3) is 0.278. The summed E-state index contributed by atoms with van der Waals surface area (Å²) in [6.07, 6.45) is 3.27. The smallest absolute Gasteiger partial charge is 0.238 e. The second kappa shape index (κ2) is 6.91. The van der Waals surface area contributed by atoms with Crippen LogP contribution in [0.1, 0.15) is 24.8 Å². The van der Waals surface area contributed by atoms with Gasteiger partial charge in [0.15, 0.2) is 0 Å². The van der Waals surface area contributed by atoms with E-state index < -0.39 is 0 Å². The topological polar surface area (TPSA) is 41.1 Å². The molecular formula is C18H18Cl2N2O. The molecule has 0 aliphatic heterocycles. The molecule has 0 bridgehead atoms. The van der Waals surface area contributed by atoms with Gasteiger partial charge in [-0.05, 0) is 43.0 Å². The van der Waals surface area contributed by atoms with E-state index in [9.17, 15) is 4.79 Å². The number of rotatable bonds is 5. The third-order valence-corrected chi connectivity index (χ3v) is 4.87. The summed E-state index contributed by atoms with van der Waals surface area (Å²) >= 11 is 11.9. The molecule has 120 valence electrons. The predicted molar refractivity (Wildman–Crippen MR) is 95.1 cm³/mol. The van der Waals surface area contributed by atoms with Gasteiger partial charge >= 0.3 is 0 Å². The van der Waals surface area contributed by atoms with Crippen LogP contribution in [0.4, 0.5) is 5.69 Å². The molecule has 0 spiro atoms. The lowest BCUT2D eigenvalue weighted by molar-refractivity contribution is -0.116. The molecule has 3 rings (SSSR count). The van der Waals surface area contributed by atoms with Crippen LogP contribution >= 0.6 is 23.2 Å². The van der Waals surface area contributed by atoms with Crippen molar-refractivity contribution in [2.24, 2.45) is 0 Å². The normalized spacial score (nSPS) is 15.7. The summed E-state index contributed by atoms with van der Waals surface area (Å²) in [5, 5.41) is 7.22. The molecule has 0 saturated heterocycles. The molecule has 0 atom stereocenters. The van der Waals surface area contributed by atoms with Crippen molar-refractivity contribution >= 4 is 34.8 Å². The molecule has 2 aromatic rings. The van der Waals surface area contributed by atoms with Crippen LogP contribution in [0.15, 0.2) is 48.5 Å². The lowest BCUT2D eigenvalue weighted by Crippen LogP contribution is -2.50. The highest BCUT2D eigenvalue weighted by Gasteiger charge is 2.38. The Morgan fingerprint density at radius 2 is 1.83 bits per heavy atom. The zero-order valence-corrected chi connectivity index (χ0v) is 14.1. The number of hydrogen-bond donors (Lipinski definition) is 2. The van der Waals surface area contributed by atoms with Crippen molar-refractivity contribution in [1.82, 2.24) is 5.32 Å². The van der Waals surface area contributed by atoms with Gasteiger partial charge in [0.2, 0.25) is 5.91 Å². The maximum atomic E-state index is 12.2. The molecule has 1 aliphatic rings. The number of benzene rings is 2. The van der Waals surface area contributed by atoms with E-state index in [1.807, 2.05) is 18.2 Å². The lowest BCUT2D eigenvalue weighted by Gasteiger charge is -2.43. The Kier molecular flexibility index (Phi) is 4.90. The number of carbonyl (C=O) groups is 1. The minimum absolute atomic E-state index is 0.0810. The van der Waals surface area contributed by atoms with E-state index in [2.05, 4.69) is 22.8 Å². The molecule has 23 heavy (non-hydrogen) atoms. The summed E-state index contributed by atoms with van der Waals surface area (Å²) in [4.78, 5) is 12.2. The number of amides is 1. The van der Waals surface area contributed by atoms with E-state index in [-0.39, 0.29) is 18.0 Å². The van der Waals surface area contributed by atoms with E-state index in [1.54, 1.807) is 18.2 Å². The molecule has 3 nitrogen and oxygen atoms in total. The van der Waals surface area contributed by atoms with Crippen LogP contribution in [-0.2, 0) is 10.3 Å². The fourth-order valence-corrected chi connectivity index (χ4v) is 3.35. The maximum Gasteiger partial charge on any atom is 0.238 e. The SMILES string of the molecule is O=C(CNC1(c2ccccc2)CCC1)Nc1ccc(Cl)cc1Cl. The van der Waals surface area contributed by atoms with Crippen molar-refractivity contribution in [2.75, 3.05) is 11.9 Å². The highest BCUT2D eigenvalue weighted by molar-refractivity contribution is 6.36. The molecule has 0 aromatic heterocycles. The highest BCUT2D eigenvalue weighted by atomic mass is 35.5. The van der Waals surface area contributed by atoms with Crippen molar-refractivity contribution in [3.8, 4) is 0 Å². The number of halogens is 2. The Hall–Kier alpha value is -1.55. The van der Waals surface area contributed by atoms with Crippen LogP contribution in [0.25, 0.3) is 0 Å². The molecule has 2 aromatic carbocycles. The predicted octanol–water partition coefficient (Wildman–Crippen LogP) is 4.60. The molecule has 1 saturated carbocycles. The zero-order chi connectivity index (χ0) is 16.3. The number of nitrogens with one attached hydrogen (secondary N) is 2. The first kappa shape index (κ1) is 16.3. The molecular weight excluding hydrogens is 331 g/mol. The Bertz CT molecular complexity index is 699. The van der Waals surface area contributed by atoms with Crippen LogP contribution in [0.5, 0.6) is 0 Å². The molecule has 2 N–H and O–H groups in total. The monoisotopic (exact) mass is 348 g/mol. The summed E-state index contributed by atoms with van der Waals surface area (Å²) in [6, 6.07) is 15.3. The number of hydrogen-bond acceptors (Lipinski definition) is 2. The Morgan fingerprint density at radius 3 is 2.43 bits per heavy atom. The van der Waals surface area contributed by atoms with Crippen LogP contribution in [0, 0.1) is 0 Å². The van der Waals surface area contributed by atoms with Crippen LogP contribution in [0.2, 0.25) is 10.0 Å². The largest absolute Gasteiger partial charge is 0.324 e. The van der Waals surface area contributed by atoms with Crippen LogP contribution < -0.4 is 10.6 Å². The van der Waals surface area contributed by atoms with Gasteiger partial charge in [0.05, 0.1) is 17.3 Å². The quantitative estimate of drug-likeness (QED) is 0.828. The van der Waals surface area contributed by atoms with Crippen LogP contribution in [0.3, 0.4) is 0 Å². The van der Waals surface area contributed by atoms with Gasteiger partial charge < -0.3 is 5.32 Å². The summed E-state index contributed by atoms with van der Waals surface area (Å²) in [6.45, 7) is 0.244. The lowest BCUT2D eigenvalue weighted by atomic mass is 9.72. The fourth-order valence-electron chi connectivity index (χ4n) is 2.89. The standard InChI is InChI=1S/C18H18Cl2N2O/c19-14-7-8-16(15(20)11-14)22-17(23)12-21-18(9-4-10-18)13-5-2-1-3-6-13/h1-3,5-8,11,21H,4,9-10,12H2,(H,22,23). The summed E-state index contributed by atoms with van der Waals surface area (Å²) in [5.41, 5.74) is 1.73. The van der Waals surface area contributed by atoms with E-state index in [4.69, 9.17) is 23.2 Å². The van der Waals surface area contributed by atoms with Crippen LogP contribution in [-0.4, -0.2) is 12.5 Å². The average Bonchev–Trinajstić information content (AvgIpc) is 2.50. The second-order valence-electron chi connectivity index (χ2n) is 5.83. The molecule has 1 fully saturated rings. The van der Waals surface area contributed by atoms with Gasteiger partial charge in [0, 0.05) is 10.6 Å². The Labute approximate surface area is 146 Å². The van der Waals surface area contributed by atoms with Gasteiger partial charge in [-0.15, -0.1) is 0 Å². The molecule has 0 unspecified atom stereocenters. The van der Waals surface area contributed by atoms with E-state index in [0.717, 1.165) is 12.8 Å². The third kappa shape index (κ3) is 3.69. The van der Waals surface area contributed by atoms with Gasteiger partial charge in [-0.25, -0.2) is 0 Å². The minimum Gasteiger partial charge on any atom is -0.324 e. The van der Waals surface area contributed by atoms with E-state index in [0.29, 0.717) is 15.7 Å². The zero-order valence-electron chi connectivity index (χ0n) is 12.6. The summed E-state index contributed by atoms with van der Waals surface area (Å²) in [5.74, 6) is -0.114. The Morgan fingerprint density at radius 1 is 1.09 bits per heavy atom. The van der Waals surface area contributed by atoms with Gasteiger partial charge in [0.25, 0.3) is 0 Å². The number of carbonyl (C=O) groups excluding carboxylic acids is 1. The molecule has 0 radical (unpaired) electrons. The minimum atomic E-state index is -0.114. The maximum absolute atomic E-state index is 12.2. The van der Waals surface area contributed by atoms with Crippen molar-refractivity contribution in [1.29, 1.82) is 0 Å². The van der Waals surface area contributed by atoms with Crippen molar-refractivity contribution in [3.63, 3.8) is 0 Å². The summed E-state index contributed by atoms with van der Waals surface area (Å²) < 4.78 is 0. The number of anilines is 1. The molecule has 5 heteroatoms. The van der Waals surface area contributed by atoms with E-state index in [1.165, 1.54) is 12.0 Å². The van der Waals surface area contributed by atoms with Gasteiger partial charge in [0.1, 0.15) is 0 Å². The molecule has 0 heterocycles. The van der Waals surface area contributed by atoms with Gasteiger partial charge in [-0.2, -0.15) is 0 Å². The van der Waals surface area contributed by atoms with Gasteiger partial charge in [-0.1, -0.05) is 53.5 Å². The molecule has 1 amide bonds. The highest BCUT2D eigenvalue weighted by Crippen LogP contribution is 2.40. The molecule has 1 aliphatic carbocycles. The second-order valence-corrected chi connectivity index (χ2v) is 6.67. The Balaban J connectivity index is 1.62. The first-order chi connectivity index (χ1) is 11.1.